The Morgan fingerprint density at radius 3 is 2.42 bits per heavy atom. The van der Waals surface area contributed by atoms with E-state index in [0.29, 0.717) is 12.8 Å². The predicted octanol–water partition coefficient (Wildman–Crippen LogP) is 3.79. The molecule has 0 radical (unpaired) electrons. The van der Waals surface area contributed by atoms with Gasteiger partial charge in [-0.15, -0.1) is 6.58 Å². The number of likely N-dealkylation sites (tertiary alicyclic amines) is 1. The van der Waals surface area contributed by atoms with E-state index in [1.807, 2.05) is 26.8 Å². The molecule has 55 heavy (non-hydrogen) atoms. The van der Waals surface area contributed by atoms with Crippen molar-refractivity contribution >= 4 is 39.9 Å². The van der Waals surface area contributed by atoms with Crippen LogP contribution < -0.4 is 15.4 Å². The SMILES string of the molecule is C=C[C@@H]1C[C@@]1(NC(=O)[C@@H]1C[C@@H](OC(=O)N2Cc3cccnc3C2)CN1C(=O)[C@@H](NC(=O)OCC(C)(C)C)C1CCCCC1)C(=O)NS(=O)(=O)c1ccccc1. The third kappa shape index (κ3) is 9.11. The number of alkyl carbamates (subject to hydrolysis) is 1. The average Bonchev–Trinajstić information content (AvgIpc) is 3.46. The maximum Gasteiger partial charge on any atom is 0.410 e. The Morgan fingerprint density at radius 2 is 1.76 bits per heavy atom. The van der Waals surface area contributed by atoms with Gasteiger partial charge in [0.2, 0.25) is 11.8 Å². The van der Waals surface area contributed by atoms with Crippen molar-refractivity contribution in [2.45, 2.75) is 107 Å². The summed E-state index contributed by atoms with van der Waals surface area (Å²) in [5.41, 5.74) is -0.341. The fraction of sp³-hybridized carbons (Fsp3) is 0.538. The van der Waals surface area contributed by atoms with Crippen LogP contribution in [0, 0.1) is 17.3 Å². The van der Waals surface area contributed by atoms with Gasteiger partial charge in [-0.3, -0.25) is 24.3 Å². The first kappa shape index (κ1) is 39.7. The van der Waals surface area contributed by atoms with Crippen molar-refractivity contribution in [3.63, 3.8) is 0 Å². The molecule has 1 saturated heterocycles. The molecule has 15 nitrogen and oxygen atoms in total. The van der Waals surface area contributed by atoms with Gasteiger partial charge in [0.25, 0.3) is 15.9 Å². The molecule has 3 fully saturated rings. The van der Waals surface area contributed by atoms with Crippen LogP contribution in [0.3, 0.4) is 0 Å². The van der Waals surface area contributed by atoms with Crippen molar-refractivity contribution in [3.8, 4) is 0 Å². The second kappa shape index (κ2) is 16.0. The molecule has 5 amide bonds. The van der Waals surface area contributed by atoms with Crippen LogP contribution >= 0.6 is 0 Å². The van der Waals surface area contributed by atoms with Crippen molar-refractivity contribution in [1.29, 1.82) is 0 Å². The second-order valence-corrected chi connectivity index (χ2v) is 17.8. The summed E-state index contributed by atoms with van der Waals surface area (Å²) < 4.78 is 39.7. The van der Waals surface area contributed by atoms with Crippen LogP contribution in [0.5, 0.6) is 0 Å². The number of rotatable bonds is 11. The van der Waals surface area contributed by atoms with Gasteiger partial charge < -0.3 is 25.0 Å². The molecule has 2 saturated carbocycles. The zero-order valence-electron chi connectivity index (χ0n) is 31.5. The van der Waals surface area contributed by atoms with Gasteiger partial charge in [0.1, 0.15) is 23.7 Å². The highest BCUT2D eigenvalue weighted by Crippen LogP contribution is 2.45. The first-order valence-corrected chi connectivity index (χ1v) is 20.3. The van der Waals surface area contributed by atoms with Gasteiger partial charge >= 0.3 is 12.2 Å². The Labute approximate surface area is 321 Å². The molecule has 16 heteroatoms. The molecule has 1 aromatic heterocycles. The lowest BCUT2D eigenvalue weighted by Gasteiger charge is -2.34. The molecular weight excluding hydrogens is 729 g/mol. The molecule has 4 aliphatic rings. The number of nitrogens with one attached hydrogen (secondary N) is 3. The number of carbonyl (C=O) groups excluding carboxylic acids is 5. The molecule has 3 N–H and O–H groups in total. The molecule has 3 heterocycles. The molecule has 1 aromatic carbocycles. The summed E-state index contributed by atoms with van der Waals surface area (Å²) in [4.78, 5) is 76.3. The van der Waals surface area contributed by atoms with E-state index in [2.05, 4.69) is 26.9 Å². The maximum absolute atomic E-state index is 14.7. The van der Waals surface area contributed by atoms with Gasteiger partial charge in [0, 0.05) is 18.5 Å². The first-order valence-electron chi connectivity index (χ1n) is 18.8. The van der Waals surface area contributed by atoms with Crippen molar-refractivity contribution in [3.05, 3.63) is 72.6 Å². The Hall–Kier alpha value is -4.99. The Bertz CT molecular complexity index is 1890. The van der Waals surface area contributed by atoms with Gasteiger partial charge in [-0.1, -0.05) is 70.4 Å². The van der Waals surface area contributed by atoms with E-state index in [9.17, 15) is 32.4 Å². The van der Waals surface area contributed by atoms with Crippen molar-refractivity contribution < 1.29 is 41.9 Å². The average molecular weight is 779 g/mol. The monoisotopic (exact) mass is 778 g/mol. The van der Waals surface area contributed by atoms with Crippen molar-refractivity contribution in [2.75, 3.05) is 13.2 Å². The minimum atomic E-state index is -4.28. The van der Waals surface area contributed by atoms with Crippen LogP contribution in [0.4, 0.5) is 9.59 Å². The number of sulfonamides is 1. The number of carbonyl (C=O) groups is 5. The fourth-order valence-corrected chi connectivity index (χ4v) is 8.67. The van der Waals surface area contributed by atoms with Crippen molar-refractivity contribution in [2.24, 2.45) is 17.3 Å². The summed E-state index contributed by atoms with van der Waals surface area (Å²) in [6.07, 6.45) is 4.82. The van der Waals surface area contributed by atoms with Crippen LogP contribution in [0.15, 0.2) is 66.2 Å². The molecule has 296 valence electrons. The standard InChI is InChI=1S/C39H50N6O9S/c1-5-27-20-39(27,35(48)43-55(51,52)29-16-10-7-11-17-29)42-33(46)31-19-28(54-37(50)44-21-26-15-12-18-40-30(26)23-44)22-45(31)34(47)32(25-13-8-6-9-14-25)41-36(49)53-24-38(2,3)4/h5,7,10-12,15-18,25,27-28,31-32H,1,6,8-9,13-14,19-24H2,2-4H3,(H,41,49)(H,42,46)(H,43,48)/t27-,28-,31+,32+,39+/m1/s1. The minimum Gasteiger partial charge on any atom is -0.449 e. The van der Waals surface area contributed by atoms with Gasteiger partial charge in [0.05, 0.1) is 36.8 Å². The molecule has 0 unspecified atom stereocenters. The quantitative estimate of drug-likeness (QED) is 0.283. The highest BCUT2D eigenvalue weighted by atomic mass is 32.2. The first-order chi connectivity index (χ1) is 26.1. The zero-order valence-corrected chi connectivity index (χ0v) is 32.3. The van der Waals surface area contributed by atoms with Gasteiger partial charge in [-0.2, -0.15) is 0 Å². The number of benzene rings is 1. The van der Waals surface area contributed by atoms with Crippen LogP contribution in [0.1, 0.15) is 77.0 Å². The summed E-state index contributed by atoms with van der Waals surface area (Å²) in [7, 11) is -4.28. The number of amides is 5. The second-order valence-electron chi connectivity index (χ2n) is 16.1. The topological polar surface area (TPSA) is 193 Å². The number of pyridine rings is 1. The third-order valence-corrected chi connectivity index (χ3v) is 12.0. The predicted molar refractivity (Wildman–Crippen MR) is 199 cm³/mol. The van der Waals surface area contributed by atoms with E-state index >= 15 is 0 Å². The number of hydrogen-bond donors (Lipinski definition) is 3. The lowest BCUT2D eigenvalue weighted by atomic mass is 9.83. The number of hydrogen-bond acceptors (Lipinski definition) is 10. The largest absolute Gasteiger partial charge is 0.449 e. The van der Waals surface area contributed by atoms with E-state index in [0.717, 1.165) is 30.5 Å². The van der Waals surface area contributed by atoms with Crippen LogP contribution in [-0.4, -0.2) is 90.0 Å². The summed E-state index contributed by atoms with van der Waals surface area (Å²) in [5.74, 6) is -3.06. The summed E-state index contributed by atoms with van der Waals surface area (Å²) in [5, 5.41) is 5.55. The molecule has 2 aliphatic heterocycles. The summed E-state index contributed by atoms with van der Waals surface area (Å²) in [6.45, 7) is 10.00. The molecular formula is C39H50N6O9S. The van der Waals surface area contributed by atoms with Gasteiger partial charge in [-0.05, 0) is 54.4 Å². The maximum atomic E-state index is 14.7. The number of fused-ring (bicyclic) bond motifs is 1. The minimum absolute atomic E-state index is 0.0763. The smallest absolute Gasteiger partial charge is 0.410 e. The van der Waals surface area contributed by atoms with Crippen LogP contribution in [-0.2, 0) is 47.0 Å². The molecule has 6 rings (SSSR count). The van der Waals surface area contributed by atoms with Crippen LogP contribution in [0.2, 0.25) is 0 Å². The number of nitrogens with zero attached hydrogens (tertiary/aromatic N) is 3. The number of aromatic nitrogens is 1. The van der Waals surface area contributed by atoms with E-state index in [1.54, 1.807) is 18.3 Å². The van der Waals surface area contributed by atoms with E-state index < -0.39 is 69.6 Å². The van der Waals surface area contributed by atoms with Gasteiger partial charge in [-0.25, -0.2) is 22.7 Å². The highest BCUT2D eigenvalue weighted by molar-refractivity contribution is 7.90. The molecule has 5 atom stereocenters. The molecule has 2 aromatic rings. The van der Waals surface area contributed by atoms with E-state index in [-0.39, 0.29) is 55.3 Å². The van der Waals surface area contributed by atoms with E-state index in [4.69, 9.17) is 9.47 Å². The van der Waals surface area contributed by atoms with Gasteiger partial charge in [0.15, 0.2) is 0 Å². The molecule has 0 bridgehead atoms. The molecule has 2 aliphatic carbocycles. The Kier molecular flexibility index (Phi) is 11.6. The Balaban J connectivity index is 1.24. The lowest BCUT2D eigenvalue weighted by Crippen LogP contribution is -2.59. The molecule has 0 spiro atoms. The summed E-state index contributed by atoms with van der Waals surface area (Å²) in [6, 6.07) is 8.76. The normalized spacial score (nSPS) is 24.2. The van der Waals surface area contributed by atoms with Crippen LogP contribution in [0.25, 0.3) is 0 Å². The van der Waals surface area contributed by atoms with E-state index in [1.165, 1.54) is 40.1 Å². The summed E-state index contributed by atoms with van der Waals surface area (Å²) >= 11 is 0. The zero-order chi connectivity index (χ0) is 39.5. The highest BCUT2D eigenvalue weighted by Gasteiger charge is 2.61. The van der Waals surface area contributed by atoms with Crippen molar-refractivity contribution in [1.82, 2.24) is 30.1 Å². The number of ether oxygens (including phenoxy) is 2. The lowest BCUT2D eigenvalue weighted by molar-refractivity contribution is -0.142. The fourth-order valence-electron chi connectivity index (χ4n) is 7.61. The Morgan fingerprint density at radius 1 is 1.04 bits per heavy atom. The third-order valence-electron chi connectivity index (χ3n) is 10.7.